The zero-order chi connectivity index (χ0) is 9.97. The van der Waals surface area contributed by atoms with Gasteiger partial charge in [0.15, 0.2) is 0 Å². The third-order valence-corrected chi connectivity index (χ3v) is 3.91. The van der Waals surface area contributed by atoms with Crippen LogP contribution >= 0.6 is 0 Å². The molecule has 14 heavy (non-hydrogen) atoms. The van der Waals surface area contributed by atoms with Gasteiger partial charge in [-0.3, -0.25) is 0 Å². The summed E-state index contributed by atoms with van der Waals surface area (Å²) in [5.74, 6) is 1.01. The minimum Gasteiger partial charge on any atom is -0.372 e. The zero-order valence-corrected chi connectivity index (χ0v) is 9.54. The third kappa shape index (κ3) is 2.71. The van der Waals surface area contributed by atoms with E-state index < -0.39 is 0 Å². The second kappa shape index (κ2) is 4.63. The molecule has 0 aromatic carbocycles. The van der Waals surface area contributed by atoms with Gasteiger partial charge in [0.1, 0.15) is 0 Å². The van der Waals surface area contributed by atoms with E-state index in [1.807, 2.05) is 0 Å². The second-order valence-electron chi connectivity index (χ2n) is 4.98. The molecular weight excluding hydrogens is 174 g/mol. The van der Waals surface area contributed by atoms with E-state index in [0.717, 1.165) is 25.1 Å². The molecule has 1 heterocycles. The Balaban J connectivity index is 1.70. The summed E-state index contributed by atoms with van der Waals surface area (Å²) in [6.07, 6.45) is 7.63. The molecule has 2 rings (SSSR count). The predicted molar refractivity (Wildman–Crippen MR) is 58.4 cm³/mol. The zero-order valence-electron chi connectivity index (χ0n) is 9.54. The summed E-state index contributed by atoms with van der Waals surface area (Å²) in [4.78, 5) is 2.52. The Hall–Kier alpha value is -0.0800. The minimum atomic E-state index is 0.559. The van der Waals surface area contributed by atoms with Crippen molar-refractivity contribution >= 4 is 0 Å². The van der Waals surface area contributed by atoms with Crippen molar-refractivity contribution in [2.75, 3.05) is 20.2 Å². The van der Waals surface area contributed by atoms with Gasteiger partial charge in [0.2, 0.25) is 0 Å². The smallest absolute Gasteiger partial charge is 0.0936 e. The van der Waals surface area contributed by atoms with Crippen molar-refractivity contribution < 1.29 is 4.74 Å². The number of hydrogen-bond donors (Lipinski definition) is 0. The molecule has 1 aliphatic heterocycles. The van der Waals surface area contributed by atoms with Gasteiger partial charge in [-0.25, -0.2) is 0 Å². The van der Waals surface area contributed by atoms with Crippen LogP contribution in [0.25, 0.3) is 0 Å². The van der Waals surface area contributed by atoms with E-state index in [2.05, 4.69) is 18.9 Å². The molecule has 1 aliphatic carbocycles. The average molecular weight is 197 g/mol. The standard InChI is InChI=1S/C12H23NO/c1-3-10-4-6-11(7-5-10)13(2)8-12-9-14-12/h10-12H,3-9H2,1-2H3. The first-order valence-corrected chi connectivity index (χ1v) is 6.11. The van der Waals surface area contributed by atoms with Gasteiger partial charge in [0, 0.05) is 12.6 Å². The van der Waals surface area contributed by atoms with Crippen LogP contribution in [0.3, 0.4) is 0 Å². The molecule has 1 atom stereocenters. The van der Waals surface area contributed by atoms with Gasteiger partial charge in [-0.15, -0.1) is 0 Å². The highest BCUT2D eigenvalue weighted by molar-refractivity contribution is 4.81. The van der Waals surface area contributed by atoms with Crippen molar-refractivity contribution in [3.8, 4) is 0 Å². The van der Waals surface area contributed by atoms with Crippen molar-refractivity contribution in [1.29, 1.82) is 0 Å². The lowest BCUT2D eigenvalue weighted by Crippen LogP contribution is -2.37. The summed E-state index contributed by atoms with van der Waals surface area (Å²) >= 11 is 0. The van der Waals surface area contributed by atoms with Crippen LogP contribution in [0, 0.1) is 5.92 Å². The van der Waals surface area contributed by atoms with Gasteiger partial charge in [-0.1, -0.05) is 13.3 Å². The molecule has 0 aromatic heterocycles. The molecule has 0 aromatic rings. The fourth-order valence-electron chi connectivity index (χ4n) is 2.64. The molecule has 1 saturated heterocycles. The molecular formula is C12H23NO. The van der Waals surface area contributed by atoms with Crippen molar-refractivity contribution in [2.45, 2.75) is 51.2 Å². The Morgan fingerprint density at radius 3 is 2.36 bits per heavy atom. The van der Waals surface area contributed by atoms with Crippen LogP contribution < -0.4 is 0 Å². The van der Waals surface area contributed by atoms with Crippen LogP contribution in [-0.2, 0) is 4.74 Å². The monoisotopic (exact) mass is 197 g/mol. The number of epoxide rings is 1. The number of hydrogen-bond acceptors (Lipinski definition) is 2. The van der Waals surface area contributed by atoms with Crippen molar-refractivity contribution in [3.63, 3.8) is 0 Å². The maximum absolute atomic E-state index is 5.27. The normalized spacial score (nSPS) is 37.5. The number of likely N-dealkylation sites (N-methyl/N-ethyl adjacent to an activating group) is 1. The largest absolute Gasteiger partial charge is 0.372 e. The Bertz CT molecular complexity index is 171. The van der Waals surface area contributed by atoms with Gasteiger partial charge < -0.3 is 9.64 Å². The molecule has 2 nitrogen and oxygen atoms in total. The average Bonchev–Trinajstić information content (AvgIpc) is 3.02. The summed E-state index contributed by atoms with van der Waals surface area (Å²) in [6, 6.07) is 0.835. The molecule has 2 fully saturated rings. The SMILES string of the molecule is CCC1CCC(N(C)CC2CO2)CC1. The van der Waals surface area contributed by atoms with Gasteiger partial charge in [-0.2, -0.15) is 0 Å². The van der Waals surface area contributed by atoms with E-state index in [1.165, 1.54) is 32.1 Å². The van der Waals surface area contributed by atoms with E-state index >= 15 is 0 Å². The predicted octanol–water partition coefficient (Wildman–Crippen LogP) is 2.29. The third-order valence-electron chi connectivity index (χ3n) is 3.91. The molecule has 0 N–H and O–H groups in total. The number of rotatable bonds is 4. The van der Waals surface area contributed by atoms with Crippen LogP contribution in [0.5, 0.6) is 0 Å². The fourth-order valence-corrected chi connectivity index (χ4v) is 2.64. The summed E-state index contributed by atoms with van der Waals surface area (Å²) in [5, 5.41) is 0. The summed E-state index contributed by atoms with van der Waals surface area (Å²) in [6.45, 7) is 4.48. The molecule has 1 saturated carbocycles. The van der Waals surface area contributed by atoms with Gasteiger partial charge >= 0.3 is 0 Å². The first-order chi connectivity index (χ1) is 6.79. The topological polar surface area (TPSA) is 15.8 Å². The van der Waals surface area contributed by atoms with E-state index in [-0.39, 0.29) is 0 Å². The lowest BCUT2D eigenvalue weighted by molar-refractivity contribution is 0.153. The van der Waals surface area contributed by atoms with Gasteiger partial charge in [0.25, 0.3) is 0 Å². The summed E-state index contributed by atoms with van der Waals surface area (Å²) in [7, 11) is 2.26. The Labute approximate surface area is 87.6 Å². The molecule has 0 spiro atoms. The van der Waals surface area contributed by atoms with Crippen LogP contribution in [0.2, 0.25) is 0 Å². The molecule has 2 aliphatic rings. The first kappa shape index (κ1) is 10.4. The maximum Gasteiger partial charge on any atom is 0.0936 e. The first-order valence-electron chi connectivity index (χ1n) is 6.11. The number of ether oxygens (including phenoxy) is 1. The molecule has 0 amide bonds. The van der Waals surface area contributed by atoms with Gasteiger partial charge in [-0.05, 0) is 38.6 Å². The van der Waals surface area contributed by atoms with Crippen LogP contribution in [0.15, 0.2) is 0 Å². The number of nitrogens with zero attached hydrogens (tertiary/aromatic N) is 1. The fraction of sp³-hybridized carbons (Fsp3) is 1.00. The van der Waals surface area contributed by atoms with E-state index in [4.69, 9.17) is 4.74 Å². The van der Waals surface area contributed by atoms with Crippen molar-refractivity contribution in [3.05, 3.63) is 0 Å². The maximum atomic E-state index is 5.27. The van der Waals surface area contributed by atoms with Crippen LogP contribution in [0.4, 0.5) is 0 Å². The quantitative estimate of drug-likeness (QED) is 0.643. The van der Waals surface area contributed by atoms with Crippen LogP contribution in [-0.4, -0.2) is 37.2 Å². The van der Waals surface area contributed by atoms with Crippen molar-refractivity contribution in [1.82, 2.24) is 4.90 Å². The highest BCUT2D eigenvalue weighted by atomic mass is 16.6. The molecule has 1 unspecified atom stereocenters. The Kier molecular flexibility index (Phi) is 3.45. The molecule has 2 heteroatoms. The summed E-state index contributed by atoms with van der Waals surface area (Å²) < 4.78 is 5.27. The molecule has 0 bridgehead atoms. The van der Waals surface area contributed by atoms with Gasteiger partial charge in [0.05, 0.1) is 12.7 Å². The summed E-state index contributed by atoms with van der Waals surface area (Å²) in [5.41, 5.74) is 0. The second-order valence-corrected chi connectivity index (χ2v) is 4.98. The van der Waals surface area contributed by atoms with E-state index in [1.54, 1.807) is 0 Å². The lowest BCUT2D eigenvalue weighted by atomic mass is 9.84. The minimum absolute atomic E-state index is 0.559. The van der Waals surface area contributed by atoms with Crippen LogP contribution in [0.1, 0.15) is 39.0 Å². The van der Waals surface area contributed by atoms with Crippen molar-refractivity contribution in [2.24, 2.45) is 5.92 Å². The van der Waals surface area contributed by atoms with E-state index in [0.29, 0.717) is 6.10 Å². The highest BCUT2D eigenvalue weighted by Crippen LogP contribution is 2.29. The molecule has 82 valence electrons. The Morgan fingerprint density at radius 1 is 1.21 bits per heavy atom. The van der Waals surface area contributed by atoms with E-state index in [9.17, 15) is 0 Å². The highest BCUT2D eigenvalue weighted by Gasteiger charge is 2.29. The lowest BCUT2D eigenvalue weighted by Gasteiger charge is -2.34. The molecule has 0 radical (unpaired) electrons. The Morgan fingerprint density at radius 2 is 1.86 bits per heavy atom.